The maximum atomic E-state index is 12.4. The van der Waals surface area contributed by atoms with E-state index in [0.29, 0.717) is 24.0 Å². The number of nitrogens with one attached hydrogen (secondary N) is 2. The minimum Gasteiger partial charge on any atom is -0.497 e. The van der Waals surface area contributed by atoms with Gasteiger partial charge in [-0.25, -0.2) is 0 Å². The number of carbonyl (C=O) groups excluding carboxylic acids is 1. The van der Waals surface area contributed by atoms with Gasteiger partial charge in [0.1, 0.15) is 11.5 Å². The number of para-hydroxylation sites is 1. The number of anilines is 1. The van der Waals surface area contributed by atoms with E-state index in [9.17, 15) is 4.79 Å². The maximum Gasteiger partial charge on any atom is 0.224 e. The summed E-state index contributed by atoms with van der Waals surface area (Å²) in [4.78, 5) is 12.4. The molecule has 1 unspecified atom stereocenters. The zero-order chi connectivity index (χ0) is 18.9. The van der Waals surface area contributed by atoms with Crippen molar-refractivity contribution in [2.45, 2.75) is 26.3 Å². The summed E-state index contributed by atoms with van der Waals surface area (Å²) in [6.07, 6.45) is 0.247. The first kappa shape index (κ1) is 19.6. The molecule has 0 saturated heterocycles. The van der Waals surface area contributed by atoms with Gasteiger partial charge in [-0.05, 0) is 36.2 Å². The van der Waals surface area contributed by atoms with Crippen LogP contribution in [-0.2, 0) is 11.2 Å². The molecule has 0 bridgehead atoms. The zero-order valence-corrected chi connectivity index (χ0v) is 15.9. The number of carbonyl (C=O) groups is 1. The van der Waals surface area contributed by atoms with Crippen LogP contribution in [0.2, 0.25) is 0 Å². The maximum absolute atomic E-state index is 12.4. The third-order valence-electron chi connectivity index (χ3n) is 4.29. The largest absolute Gasteiger partial charge is 0.497 e. The average Bonchev–Trinajstić information content (AvgIpc) is 2.65. The van der Waals surface area contributed by atoms with E-state index in [1.807, 2.05) is 48.5 Å². The monoisotopic (exact) mass is 356 g/mol. The Morgan fingerprint density at radius 2 is 1.77 bits per heavy atom. The zero-order valence-electron chi connectivity index (χ0n) is 15.9. The van der Waals surface area contributed by atoms with Crippen molar-refractivity contribution in [1.82, 2.24) is 5.32 Å². The van der Waals surface area contributed by atoms with E-state index in [0.717, 1.165) is 11.3 Å². The first-order chi connectivity index (χ1) is 12.5. The van der Waals surface area contributed by atoms with Crippen LogP contribution in [0.15, 0.2) is 48.5 Å². The van der Waals surface area contributed by atoms with Crippen LogP contribution in [0.1, 0.15) is 19.4 Å². The summed E-state index contributed by atoms with van der Waals surface area (Å²) in [7, 11) is 3.20. The molecule has 0 aliphatic rings. The highest BCUT2D eigenvalue weighted by Crippen LogP contribution is 2.24. The summed E-state index contributed by atoms with van der Waals surface area (Å²) in [5.41, 5.74) is 1.86. The van der Waals surface area contributed by atoms with E-state index in [2.05, 4.69) is 24.5 Å². The molecule has 2 aromatic rings. The second kappa shape index (κ2) is 9.70. The van der Waals surface area contributed by atoms with Gasteiger partial charge in [0.25, 0.3) is 0 Å². The second-order valence-electron chi connectivity index (χ2n) is 6.52. The average molecular weight is 356 g/mol. The number of methoxy groups -OCH3 is 2. The minimum absolute atomic E-state index is 0.0444. The van der Waals surface area contributed by atoms with Crippen LogP contribution < -0.4 is 20.1 Å². The normalized spacial score (nSPS) is 11.7. The molecule has 0 aromatic heterocycles. The molecule has 0 spiro atoms. The lowest BCUT2D eigenvalue weighted by Crippen LogP contribution is -2.40. The van der Waals surface area contributed by atoms with Crippen molar-refractivity contribution in [1.29, 1.82) is 0 Å². The van der Waals surface area contributed by atoms with Gasteiger partial charge in [0, 0.05) is 23.8 Å². The summed E-state index contributed by atoms with van der Waals surface area (Å²) in [5.74, 6) is 1.72. The van der Waals surface area contributed by atoms with Gasteiger partial charge in [0.05, 0.1) is 20.6 Å². The summed E-state index contributed by atoms with van der Waals surface area (Å²) in [6.45, 7) is 4.83. The highest BCUT2D eigenvalue weighted by atomic mass is 16.5. The molecule has 5 heteroatoms. The predicted octanol–water partition coefficient (Wildman–Crippen LogP) is 3.50. The van der Waals surface area contributed by atoms with Crippen molar-refractivity contribution in [3.8, 4) is 11.5 Å². The van der Waals surface area contributed by atoms with E-state index in [1.54, 1.807) is 14.2 Å². The number of hydrogen-bond acceptors (Lipinski definition) is 4. The molecule has 1 amide bonds. The second-order valence-corrected chi connectivity index (χ2v) is 6.52. The molecule has 0 heterocycles. The fraction of sp³-hybridized carbons (Fsp3) is 0.381. The lowest BCUT2D eigenvalue weighted by atomic mass is 10.0. The van der Waals surface area contributed by atoms with Crippen molar-refractivity contribution < 1.29 is 14.3 Å². The van der Waals surface area contributed by atoms with Crippen molar-refractivity contribution in [3.05, 3.63) is 54.1 Å². The molecule has 26 heavy (non-hydrogen) atoms. The Balaban J connectivity index is 1.96. The third-order valence-corrected chi connectivity index (χ3v) is 4.29. The smallest absolute Gasteiger partial charge is 0.224 e. The van der Waals surface area contributed by atoms with E-state index in [4.69, 9.17) is 9.47 Å². The molecular formula is C21H28N2O3. The van der Waals surface area contributed by atoms with Crippen LogP contribution in [0.3, 0.4) is 0 Å². The van der Waals surface area contributed by atoms with Crippen molar-refractivity contribution >= 4 is 11.6 Å². The summed E-state index contributed by atoms with van der Waals surface area (Å²) in [6, 6.07) is 15.6. The first-order valence-electron chi connectivity index (χ1n) is 8.82. The fourth-order valence-corrected chi connectivity index (χ4v) is 2.68. The first-order valence-corrected chi connectivity index (χ1v) is 8.82. The molecule has 2 aromatic carbocycles. The molecule has 0 aliphatic heterocycles. The number of ether oxygens (including phenoxy) is 2. The van der Waals surface area contributed by atoms with Gasteiger partial charge in [0.2, 0.25) is 5.91 Å². The van der Waals surface area contributed by atoms with Crippen molar-refractivity contribution in [2.75, 3.05) is 26.1 Å². The molecule has 0 radical (unpaired) electrons. The van der Waals surface area contributed by atoms with E-state index in [-0.39, 0.29) is 18.4 Å². The summed E-state index contributed by atoms with van der Waals surface area (Å²) in [5, 5.41) is 6.50. The quantitative estimate of drug-likeness (QED) is 0.722. The van der Waals surface area contributed by atoms with Gasteiger partial charge in [0.15, 0.2) is 0 Å². The summed E-state index contributed by atoms with van der Waals surface area (Å²) >= 11 is 0. The molecule has 0 fully saturated rings. The Bertz CT molecular complexity index is 702. The van der Waals surface area contributed by atoms with Gasteiger partial charge >= 0.3 is 0 Å². The van der Waals surface area contributed by atoms with E-state index in [1.165, 1.54) is 0 Å². The van der Waals surface area contributed by atoms with E-state index >= 15 is 0 Å². The van der Waals surface area contributed by atoms with Gasteiger partial charge < -0.3 is 20.1 Å². The van der Waals surface area contributed by atoms with Crippen LogP contribution in [0.25, 0.3) is 0 Å². The van der Waals surface area contributed by atoms with Crippen molar-refractivity contribution in [2.24, 2.45) is 5.92 Å². The highest BCUT2D eigenvalue weighted by Gasteiger charge is 2.16. The third kappa shape index (κ3) is 5.69. The van der Waals surface area contributed by atoms with Gasteiger partial charge in [-0.15, -0.1) is 0 Å². The molecule has 5 nitrogen and oxygen atoms in total. The van der Waals surface area contributed by atoms with Crippen LogP contribution in [0.4, 0.5) is 5.69 Å². The number of rotatable bonds is 9. The Kier molecular flexibility index (Phi) is 7.33. The van der Waals surface area contributed by atoms with Crippen LogP contribution in [-0.4, -0.2) is 32.7 Å². The topological polar surface area (TPSA) is 59.6 Å². The van der Waals surface area contributed by atoms with Gasteiger partial charge in [-0.3, -0.25) is 4.79 Å². The van der Waals surface area contributed by atoms with Crippen molar-refractivity contribution in [3.63, 3.8) is 0 Å². The molecular weight excluding hydrogens is 328 g/mol. The Morgan fingerprint density at radius 3 is 2.38 bits per heavy atom. The number of amides is 1. The van der Waals surface area contributed by atoms with Crippen LogP contribution in [0.5, 0.6) is 11.5 Å². The molecule has 0 aliphatic carbocycles. The van der Waals surface area contributed by atoms with Crippen LogP contribution in [0, 0.1) is 5.92 Å². The Labute approximate surface area is 155 Å². The van der Waals surface area contributed by atoms with E-state index < -0.39 is 0 Å². The molecule has 2 rings (SSSR count). The lowest BCUT2D eigenvalue weighted by molar-refractivity contribution is -0.120. The number of hydrogen-bond donors (Lipinski definition) is 2. The van der Waals surface area contributed by atoms with Gasteiger partial charge in [-0.1, -0.05) is 32.0 Å². The summed E-state index contributed by atoms with van der Waals surface area (Å²) < 4.78 is 10.6. The SMILES string of the molecule is COc1ccc(OC)c(CC(=O)NCC(Nc2ccccc2)C(C)C)c1. The molecule has 1 atom stereocenters. The van der Waals surface area contributed by atoms with Gasteiger partial charge in [-0.2, -0.15) is 0 Å². The molecule has 2 N–H and O–H groups in total. The van der Waals surface area contributed by atoms with Crippen LogP contribution >= 0.6 is 0 Å². The number of benzene rings is 2. The highest BCUT2D eigenvalue weighted by molar-refractivity contribution is 5.79. The fourth-order valence-electron chi connectivity index (χ4n) is 2.68. The molecule has 140 valence electrons. The lowest BCUT2D eigenvalue weighted by Gasteiger charge is -2.24. The molecule has 0 saturated carbocycles. The standard InChI is InChI=1S/C21H28N2O3/c1-15(2)19(23-17-8-6-5-7-9-17)14-22-21(24)13-16-12-18(25-3)10-11-20(16)26-4/h5-12,15,19,23H,13-14H2,1-4H3,(H,22,24). The predicted molar refractivity (Wildman–Crippen MR) is 105 cm³/mol. The Hall–Kier alpha value is -2.69. The minimum atomic E-state index is -0.0444. The Morgan fingerprint density at radius 1 is 1.04 bits per heavy atom.